The molecule has 2 aromatic rings. The predicted molar refractivity (Wildman–Crippen MR) is 163 cm³/mol. The van der Waals surface area contributed by atoms with Gasteiger partial charge in [-0.3, -0.25) is 9.59 Å². The van der Waals surface area contributed by atoms with Crippen molar-refractivity contribution >= 4 is 29.3 Å². The number of ether oxygens (including phenoxy) is 1. The van der Waals surface area contributed by atoms with Crippen molar-refractivity contribution in [3.8, 4) is 5.75 Å². The molecule has 2 heterocycles. The molecule has 44 heavy (non-hydrogen) atoms. The number of nitrogens with zero attached hydrogens (tertiary/aromatic N) is 3. The zero-order valence-corrected chi connectivity index (χ0v) is 25.7. The Hall–Kier alpha value is -3.87. The molecule has 1 saturated carbocycles. The number of hydrogen-bond acceptors (Lipinski definition) is 8. The van der Waals surface area contributed by atoms with E-state index in [2.05, 4.69) is 43.2 Å². The molecular weight excluding hydrogens is 575 g/mol. The van der Waals surface area contributed by atoms with Crippen molar-refractivity contribution in [3.05, 3.63) is 47.3 Å². The van der Waals surface area contributed by atoms with Crippen molar-refractivity contribution in [3.63, 3.8) is 0 Å². The predicted octanol–water partition coefficient (Wildman–Crippen LogP) is 5.47. The van der Waals surface area contributed by atoms with Gasteiger partial charge in [-0.2, -0.15) is 18.2 Å². The molecule has 240 valence electrons. The van der Waals surface area contributed by atoms with Gasteiger partial charge in [-0.15, -0.1) is 0 Å². The fourth-order valence-electron chi connectivity index (χ4n) is 5.38. The topological polar surface area (TPSA) is 121 Å². The highest BCUT2D eigenvalue weighted by atomic mass is 19.4. The van der Waals surface area contributed by atoms with Gasteiger partial charge in [-0.25, -0.2) is 4.98 Å². The smallest absolute Gasteiger partial charge is 0.421 e. The van der Waals surface area contributed by atoms with Crippen LogP contribution in [0.2, 0.25) is 0 Å². The molecule has 4 N–H and O–H groups in total. The third kappa shape index (κ3) is 9.07. The Labute approximate surface area is 256 Å². The van der Waals surface area contributed by atoms with Crippen LogP contribution in [0, 0.1) is 5.92 Å². The van der Waals surface area contributed by atoms with Crippen molar-refractivity contribution in [1.82, 2.24) is 25.5 Å². The van der Waals surface area contributed by atoms with E-state index in [-0.39, 0.29) is 35.5 Å². The molecule has 0 bridgehead atoms. The summed E-state index contributed by atoms with van der Waals surface area (Å²) in [5.41, 5.74) is 0.606. The van der Waals surface area contributed by atoms with Crippen LogP contribution < -0.4 is 26.0 Å². The summed E-state index contributed by atoms with van der Waals surface area (Å²) in [6.45, 7) is 5.70. The number of carbonyl (C=O) groups excluding carboxylic acids is 2. The summed E-state index contributed by atoms with van der Waals surface area (Å²) >= 11 is 0. The number of halogens is 3. The first-order valence-corrected chi connectivity index (χ1v) is 15.1. The summed E-state index contributed by atoms with van der Waals surface area (Å²) in [5, 5.41) is 11.8. The average molecular weight is 618 g/mol. The van der Waals surface area contributed by atoms with E-state index in [1.54, 1.807) is 24.4 Å². The SMILES string of the molecule is COc1cc(C(=O)NC2CCN(C)CC2)ccc1Nc1ncc(C(F)(F)F)c(NC2CCCC/C2=C\NC(=O)CC(C)C)n1. The molecule has 1 saturated heterocycles. The zero-order chi connectivity index (χ0) is 31.9. The van der Waals surface area contributed by atoms with Crippen LogP contribution in [-0.2, 0) is 11.0 Å². The normalized spacial score (nSPS) is 19.1. The lowest BCUT2D eigenvalue weighted by atomic mass is 9.90. The highest BCUT2D eigenvalue weighted by Crippen LogP contribution is 2.37. The molecule has 0 spiro atoms. The van der Waals surface area contributed by atoms with Gasteiger partial charge in [0.05, 0.1) is 18.8 Å². The van der Waals surface area contributed by atoms with E-state index in [0.29, 0.717) is 36.3 Å². The van der Waals surface area contributed by atoms with Crippen molar-refractivity contribution in [2.24, 2.45) is 5.92 Å². The van der Waals surface area contributed by atoms with E-state index < -0.39 is 17.8 Å². The lowest BCUT2D eigenvalue weighted by Gasteiger charge is -2.29. The van der Waals surface area contributed by atoms with Crippen LogP contribution in [0.5, 0.6) is 5.75 Å². The molecule has 1 aromatic carbocycles. The largest absolute Gasteiger partial charge is 0.495 e. The summed E-state index contributed by atoms with van der Waals surface area (Å²) in [6.07, 6.45) is 2.68. The van der Waals surface area contributed by atoms with Gasteiger partial charge in [0.1, 0.15) is 17.1 Å². The van der Waals surface area contributed by atoms with Gasteiger partial charge in [-0.1, -0.05) is 20.3 Å². The second kappa shape index (κ2) is 14.7. The van der Waals surface area contributed by atoms with Crippen molar-refractivity contribution in [1.29, 1.82) is 0 Å². The molecule has 2 fully saturated rings. The minimum absolute atomic E-state index is 0.0751. The number of aromatic nitrogens is 2. The number of anilines is 3. The first-order valence-electron chi connectivity index (χ1n) is 15.1. The van der Waals surface area contributed by atoms with Crippen LogP contribution >= 0.6 is 0 Å². The number of amides is 2. The maximum absolute atomic E-state index is 14.0. The van der Waals surface area contributed by atoms with Crippen molar-refractivity contribution in [2.45, 2.75) is 77.1 Å². The van der Waals surface area contributed by atoms with Gasteiger partial charge >= 0.3 is 6.18 Å². The number of rotatable bonds is 10. The number of alkyl halides is 3. The van der Waals surface area contributed by atoms with E-state index in [4.69, 9.17) is 4.74 Å². The molecule has 0 radical (unpaired) electrons. The third-order valence-electron chi connectivity index (χ3n) is 7.84. The maximum Gasteiger partial charge on any atom is 0.421 e. The molecule has 13 heteroatoms. The number of benzene rings is 1. The van der Waals surface area contributed by atoms with Crippen LogP contribution in [0.25, 0.3) is 0 Å². The molecule has 10 nitrogen and oxygen atoms in total. The van der Waals surface area contributed by atoms with E-state index in [1.807, 2.05) is 13.8 Å². The minimum atomic E-state index is -4.69. The van der Waals surface area contributed by atoms with E-state index in [1.165, 1.54) is 7.11 Å². The summed E-state index contributed by atoms with van der Waals surface area (Å²) in [5.74, 6) is -0.304. The number of piperidine rings is 1. The maximum atomic E-state index is 14.0. The lowest BCUT2D eigenvalue weighted by molar-refractivity contribution is -0.137. The molecular formula is C31H42F3N7O3. The fraction of sp³-hybridized carbons (Fsp3) is 0.548. The number of hydrogen-bond donors (Lipinski definition) is 4. The van der Waals surface area contributed by atoms with Gasteiger partial charge in [0, 0.05) is 30.4 Å². The molecule has 1 atom stereocenters. The Morgan fingerprint density at radius 2 is 1.91 bits per heavy atom. The summed E-state index contributed by atoms with van der Waals surface area (Å²) in [7, 11) is 3.49. The van der Waals surface area contributed by atoms with Gasteiger partial charge < -0.3 is 30.9 Å². The van der Waals surface area contributed by atoms with Crippen molar-refractivity contribution in [2.75, 3.05) is 37.9 Å². The van der Waals surface area contributed by atoms with Gasteiger partial charge in [-0.05, 0) is 81.9 Å². The van der Waals surface area contributed by atoms with Crippen molar-refractivity contribution < 1.29 is 27.5 Å². The fourth-order valence-corrected chi connectivity index (χ4v) is 5.38. The molecule has 2 amide bonds. The molecule has 1 unspecified atom stereocenters. The van der Waals surface area contributed by atoms with Gasteiger partial charge in [0.25, 0.3) is 5.91 Å². The second-order valence-electron chi connectivity index (χ2n) is 11.9. The van der Waals surface area contributed by atoms with E-state index in [0.717, 1.165) is 50.5 Å². The first kappa shape index (κ1) is 33.0. The number of likely N-dealkylation sites (tertiary alicyclic amines) is 1. The zero-order valence-electron chi connectivity index (χ0n) is 25.7. The Kier molecular flexibility index (Phi) is 11.1. The van der Waals surface area contributed by atoms with Crippen LogP contribution in [0.1, 0.15) is 74.7 Å². The number of nitrogens with one attached hydrogen (secondary N) is 4. The monoisotopic (exact) mass is 617 g/mol. The minimum Gasteiger partial charge on any atom is -0.495 e. The van der Waals surface area contributed by atoms with Gasteiger partial charge in [0.2, 0.25) is 11.9 Å². The quantitative estimate of drug-likeness (QED) is 0.277. The summed E-state index contributed by atoms with van der Waals surface area (Å²) in [6, 6.07) is 4.44. The lowest BCUT2D eigenvalue weighted by Crippen LogP contribution is -2.43. The number of carbonyl (C=O) groups is 2. The molecule has 1 aliphatic carbocycles. The Morgan fingerprint density at radius 3 is 2.59 bits per heavy atom. The Morgan fingerprint density at radius 1 is 1.16 bits per heavy atom. The standard InChI is InChI=1S/C31H42F3N7O3/c1-19(2)15-27(42)35-17-21-7-5-6-8-24(21)38-28-23(31(32,33)34)18-36-30(40-28)39-25-10-9-20(16-26(25)44-4)29(43)37-22-11-13-41(3)14-12-22/h9-10,16-19,22,24H,5-8,11-15H2,1-4H3,(H,35,42)(H,37,43)(H2,36,38,39,40)/b21-17+. The highest BCUT2D eigenvalue weighted by molar-refractivity contribution is 5.95. The molecule has 4 rings (SSSR count). The Balaban J connectivity index is 1.52. The average Bonchev–Trinajstić information content (AvgIpc) is 2.97. The van der Waals surface area contributed by atoms with Crippen LogP contribution in [-0.4, -0.2) is 66.0 Å². The Bertz CT molecular complexity index is 1340. The second-order valence-corrected chi connectivity index (χ2v) is 11.9. The van der Waals surface area contributed by atoms with E-state index in [9.17, 15) is 22.8 Å². The van der Waals surface area contributed by atoms with Crippen LogP contribution in [0.15, 0.2) is 36.2 Å². The molecule has 1 aromatic heterocycles. The third-order valence-corrected chi connectivity index (χ3v) is 7.84. The number of methoxy groups -OCH3 is 1. The molecule has 2 aliphatic rings. The van der Waals surface area contributed by atoms with Gasteiger partial charge in [0.15, 0.2) is 0 Å². The summed E-state index contributed by atoms with van der Waals surface area (Å²) in [4.78, 5) is 35.4. The molecule has 1 aliphatic heterocycles. The van der Waals surface area contributed by atoms with Crippen LogP contribution in [0.3, 0.4) is 0 Å². The van der Waals surface area contributed by atoms with Crippen LogP contribution in [0.4, 0.5) is 30.6 Å². The highest BCUT2D eigenvalue weighted by Gasteiger charge is 2.36. The first-order chi connectivity index (χ1) is 20.9. The van der Waals surface area contributed by atoms with E-state index >= 15 is 0 Å². The summed E-state index contributed by atoms with van der Waals surface area (Å²) < 4.78 is 47.4.